The lowest BCUT2D eigenvalue weighted by molar-refractivity contribution is 0.359. The largest absolute Gasteiger partial charge is 0.313 e. The Morgan fingerprint density at radius 2 is 1.78 bits per heavy atom. The second kappa shape index (κ2) is 5.05. The van der Waals surface area contributed by atoms with Gasteiger partial charge in [-0.3, -0.25) is 0 Å². The standard InChI is InChI=1S/C17H25N/c1-3-4-12-5-7-13(8-6-12)17(18-2)16-10-14-9-15(14)11-16/h5-8,14-18H,3-4,9-11H2,1-2H3. The van der Waals surface area contributed by atoms with Crippen molar-refractivity contribution in [3.05, 3.63) is 35.4 Å². The molecular formula is C17H25N. The van der Waals surface area contributed by atoms with Crippen molar-refractivity contribution in [2.45, 2.75) is 45.1 Å². The molecule has 2 aliphatic carbocycles. The van der Waals surface area contributed by atoms with Gasteiger partial charge in [0.1, 0.15) is 0 Å². The highest BCUT2D eigenvalue weighted by molar-refractivity contribution is 5.26. The van der Waals surface area contributed by atoms with Gasteiger partial charge in [0, 0.05) is 6.04 Å². The molecule has 0 aromatic heterocycles. The van der Waals surface area contributed by atoms with Crippen molar-refractivity contribution in [3.8, 4) is 0 Å². The molecule has 1 nitrogen and oxygen atoms in total. The van der Waals surface area contributed by atoms with Crippen molar-refractivity contribution in [1.82, 2.24) is 5.32 Å². The Kier molecular flexibility index (Phi) is 3.43. The van der Waals surface area contributed by atoms with E-state index in [9.17, 15) is 0 Å². The van der Waals surface area contributed by atoms with E-state index >= 15 is 0 Å². The molecule has 3 atom stereocenters. The lowest BCUT2D eigenvalue weighted by Crippen LogP contribution is -2.24. The van der Waals surface area contributed by atoms with Gasteiger partial charge in [-0.2, -0.15) is 0 Å². The van der Waals surface area contributed by atoms with Crippen LogP contribution >= 0.6 is 0 Å². The Bertz CT molecular complexity index is 385. The third kappa shape index (κ3) is 2.33. The van der Waals surface area contributed by atoms with E-state index in [2.05, 4.69) is 43.6 Å². The number of aryl methyl sites for hydroxylation is 1. The number of rotatable bonds is 5. The highest BCUT2D eigenvalue weighted by atomic mass is 14.9. The number of nitrogens with one attached hydrogen (secondary N) is 1. The van der Waals surface area contributed by atoms with Crippen LogP contribution in [0.5, 0.6) is 0 Å². The molecule has 0 radical (unpaired) electrons. The SMILES string of the molecule is CCCc1ccc(C(NC)C2CC3CC3C2)cc1. The molecule has 0 spiro atoms. The summed E-state index contributed by atoms with van der Waals surface area (Å²) < 4.78 is 0. The van der Waals surface area contributed by atoms with E-state index in [1.807, 2.05) is 0 Å². The summed E-state index contributed by atoms with van der Waals surface area (Å²) in [7, 11) is 2.12. The van der Waals surface area contributed by atoms with Gasteiger partial charge < -0.3 is 5.32 Å². The van der Waals surface area contributed by atoms with Crippen molar-refractivity contribution in [3.63, 3.8) is 0 Å². The third-order valence-electron chi connectivity index (χ3n) is 4.94. The normalized spacial score (nSPS) is 31.1. The summed E-state index contributed by atoms with van der Waals surface area (Å²) in [6, 6.07) is 9.90. The van der Waals surface area contributed by atoms with Crippen LogP contribution < -0.4 is 5.32 Å². The minimum atomic E-state index is 0.577. The molecule has 18 heavy (non-hydrogen) atoms. The van der Waals surface area contributed by atoms with Crippen LogP contribution in [0.4, 0.5) is 0 Å². The van der Waals surface area contributed by atoms with Gasteiger partial charge >= 0.3 is 0 Å². The van der Waals surface area contributed by atoms with Gasteiger partial charge in [-0.25, -0.2) is 0 Å². The molecule has 0 aliphatic heterocycles. The Hall–Kier alpha value is -0.820. The van der Waals surface area contributed by atoms with Crippen molar-refractivity contribution < 1.29 is 0 Å². The van der Waals surface area contributed by atoms with Crippen LogP contribution in [0.25, 0.3) is 0 Å². The first kappa shape index (κ1) is 12.2. The smallest absolute Gasteiger partial charge is 0.0346 e. The molecule has 1 heteroatoms. The number of fused-ring (bicyclic) bond motifs is 1. The Morgan fingerprint density at radius 3 is 2.33 bits per heavy atom. The van der Waals surface area contributed by atoms with E-state index in [-0.39, 0.29) is 0 Å². The molecular weight excluding hydrogens is 218 g/mol. The summed E-state index contributed by atoms with van der Waals surface area (Å²) in [5, 5.41) is 3.55. The maximum atomic E-state index is 3.55. The predicted octanol–water partition coefficient (Wildman–Crippen LogP) is 3.95. The predicted molar refractivity (Wildman–Crippen MR) is 76.6 cm³/mol. The topological polar surface area (TPSA) is 12.0 Å². The van der Waals surface area contributed by atoms with Crippen LogP contribution in [-0.4, -0.2) is 7.05 Å². The zero-order valence-electron chi connectivity index (χ0n) is 11.7. The molecule has 1 N–H and O–H groups in total. The molecule has 1 aromatic rings. The van der Waals surface area contributed by atoms with Gasteiger partial charge in [-0.1, -0.05) is 37.6 Å². The average Bonchev–Trinajstić information content (AvgIpc) is 3.00. The fourth-order valence-electron chi connectivity index (χ4n) is 3.89. The molecule has 0 bridgehead atoms. The zero-order chi connectivity index (χ0) is 12.5. The first-order chi connectivity index (χ1) is 8.81. The molecule has 2 fully saturated rings. The second-order valence-electron chi connectivity index (χ2n) is 6.25. The highest BCUT2D eigenvalue weighted by Crippen LogP contribution is 2.57. The summed E-state index contributed by atoms with van der Waals surface area (Å²) in [6.07, 6.45) is 6.86. The molecule has 1 aromatic carbocycles. The highest BCUT2D eigenvalue weighted by Gasteiger charge is 2.47. The van der Waals surface area contributed by atoms with Gasteiger partial charge in [0.25, 0.3) is 0 Å². The van der Waals surface area contributed by atoms with E-state index in [1.54, 1.807) is 0 Å². The van der Waals surface area contributed by atoms with Crippen molar-refractivity contribution in [2.75, 3.05) is 7.05 Å². The van der Waals surface area contributed by atoms with Gasteiger partial charge in [0.15, 0.2) is 0 Å². The monoisotopic (exact) mass is 243 g/mol. The zero-order valence-corrected chi connectivity index (χ0v) is 11.7. The fourth-order valence-corrected chi connectivity index (χ4v) is 3.89. The Balaban J connectivity index is 1.70. The fraction of sp³-hybridized carbons (Fsp3) is 0.647. The van der Waals surface area contributed by atoms with Crippen LogP contribution in [0.1, 0.15) is 49.8 Å². The minimum Gasteiger partial charge on any atom is -0.313 e. The Morgan fingerprint density at radius 1 is 1.11 bits per heavy atom. The molecule has 0 heterocycles. The number of hydrogen-bond donors (Lipinski definition) is 1. The maximum absolute atomic E-state index is 3.55. The van der Waals surface area contributed by atoms with E-state index in [4.69, 9.17) is 0 Å². The van der Waals surface area contributed by atoms with E-state index < -0.39 is 0 Å². The molecule has 0 amide bonds. The molecule has 3 unspecified atom stereocenters. The molecule has 3 rings (SSSR count). The Labute approximate surface area is 111 Å². The van der Waals surface area contributed by atoms with E-state index in [0.717, 1.165) is 17.8 Å². The summed E-state index contributed by atoms with van der Waals surface area (Å²) in [5.41, 5.74) is 2.97. The van der Waals surface area contributed by atoms with Crippen LogP contribution in [0.3, 0.4) is 0 Å². The van der Waals surface area contributed by atoms with E-state index in [0.29, 0.717) is 6.04 Å². The van der Waals surface area contributed by atoms with Gasteiger partial charge in [-0.05, 0) is 61.6 Å². The van der Waals surface area contributed by atoms with Crippen molar-refractivity contribution >= 4 is 0 Å². The summed E-state index contributed by atoms with van der Waals surface area (Å²) >= 11 is 0. The van der Waals surface area contributed by atoms with Gasteiger partial charge in [0.05, 0.1) is 0 Å². The molecule has 0 saturated heterocycles. The summed E-state index contributed by atoms with van der Waals surface area (Å²) in [4.78, 5) is 0. The van der Waals surface area contributed by atoms with Crippen molar-refractivity contribution in [1.29, 1.82) is 0 Å². The summed E-state index contributed by atoms with van der Waals surface area (Å²) in [5.74, 6) is 3.02. The molecule has 2 aliphatic rings. The van der Waals surface area contributed by atoms with Gasteiger partial charge in [0.2, 0.25) is 0 Å². The quantitative estimate of drug-likeness (QED) is 0.826. The third-order valence-corrected chi connectivity index (χ3v) is 4.94. The second-order valence-corrected chi connectivity index (χ2v) is 6.25. The summed E-state index contributed by atoms with van der Waals surface area (Å²) in [6.45, 7) is 2.25. The van der Waals surface area contributed by atoms with E-state index in [1.165, 1.54) is 43.2 Å². The number of benzene rings is 1. The number of hydrogen-bond acceptors (Lipinski definition) is 1. The molecule has 98 valence electrons. The first-order valence-corrected chi connectivity index (χ1v) is 7.58. The lowest BCUT2D eigenvalue weighted by Gasteiger charge is -2.25. The van der Waals surface area contributed by atoms with Crippen LogP contribution in [0.15, 0.2) is 24.3 Å². The maximum Gasteiger partial charge on any atom is 0.0346 e. The first-order valence-electron chi connectivity index (χ1n) is 7.58. The van der Waals surface area contributed by atoms with Crippen LogP contribution in [0, 0.1) is 17.8 Å². The van der Waals surface area contributed by atoms with Gasteiger partial charge in [-0.15, -0.1) is 0 Å². The van der Waals surface area contributed by atoms with Crippen LogP contribution in [-0.2, 0) is 6.42 Å². The van der Waals surface area contributed by atoms with Crippen LogP contribution in [0.2, 0.25) is 0 Å². The average molecular weight is 243 g/mol. The lowest BCUT2D eigenvalue weighted by atomic mass is 9.88. The van der Waals surface area contributed by atoms with Crippen molar-refractivity contribution in [2.24, 2.45) is 17.8 Å². The molecule has 2 saturated carbocycles. The minimum absolute atomic E-state index is 0.577.